The van der Waals surface area contributed by atoms with E-state index in [4.69, 9.17) is 19.3 Å². The van der Waals surface area contributed by atoms with Crippen LogP contribution in [0.2, 0.25) is 0 Å². The zero-order chi connectivity index (χ0) is 29.7. The number of fused-ring (bicyclic) bond motifs is 1. The molecule has 1 fully saturated rings. The molecule has 0 saturated carbocycles. The number of piperidine rings is 1. The SMILES string of the molecule is COc1ccc2c(C(=O)c3ccc(OCCN4CCCCC4)cc3)c(Cc3cc(S(N)(=O)=O)ccc3OC)ccc2c1. The zero-order valence-electron chi connectivity index (χ0n) is 24.0. The summed E-state index contributed by atoms with van der Waals surface area (Å²) in [6.45, 7) is 3.73. The summed E-state index contributed by atoms with van der Waals surface area (Å²) in [5.41, 5.74) is 2.37. The van der Waals surface area contributed by atoms with Crippen molar-refractivity contribution in [1.82, 2.24) is 4.90 Å². The van der Waals surface area contributed by atoms with Crippen molar-refractivity contribution in [3.05, 3.63) is 95.1 Å². The number of nitrogens with two attached hydrogens (primary N) is 1. The molecular weight excluding hydrogens is 552 g/mol. The molecule has 0 spiro atoms. The summed E-state index contributed by atoms with van der Waals surface area (Å²) in [5, 5.41) is 7.02. The molecule has 5 rings (SSSR count). The normalized spacial score (nSPS) is 14.1. The van der Waals surface area contributed by atoms with Crippen molar-refractivity contribution in [2.45, 2.75) is 30.6 Å². The molecule has 4 aromatic rings. The lowest BCUT2D eigenvalue weighted by Crippen LogP contribution is -2.33. The Morgan fingerprint density at radius 2 is 1.57 bits per heavy atom. The molecule has 42 heavy (non-hydrogen) atoms. The van der Waals surface area contributed by atoms with Crippen molar-refractivity contribution >= 4 is 26.6 Å². The minimum Gasteiger partial charge on any atom is -0.497 e. The fourth-order valence-corrected chi connectivity index (χ4v) is 6.06. The Labute approximate surface area is 247 Å². The maximum absolute atomic E-state index is 14.1. The van der Waals surface area contributed by atoms with Crippen LogP contribution in [0.5, 0.6) is 17.2 Å². The number of ketones is 1. The molecule has 4 aromatic carbocycles. The van der Waals surface area contributed by atoms with E-state index in [0.29, 0.717) is 34.8 Å². The topological polar surface area (TPSA) is 108 Å². The van der Waals surface area contributed by atoms with Gasteiger partial charge in [0, 0.05) is 24.1 Å². The van der Waals surface area contributed by atoms with Crippen LogP contribution in [0, 0.1) is 0 Å². The van der Waals surface area contributed by atoms with Gasteiger partial charge in [0.05, 0.1) is 19.1 Å². The van der Waals surface area contributed by atoms with Gasteiger partial charge >= 0.3 is 0 Å². The van der Waals surface area contributed by atoms with E-state index in [1.807, 2.05) is 42.5 Å². The van der Waals surface area contributed by atoms with Crippen LogP contribution in [-0.2, 0) is 16.4 Å². The van der Waals surface area contributed by atoms with E-state index in [-0.39, 0.29) is 17.1 Å². The summed E-state index contributed by atoms with van der Waals surface area (Å²) in [5.74, 6) is 1.75. The predicted octanol–water partition coefficient (Wildman–Crippen LogP) is 5.19. The van der Waals surface area contributed by atoms with Crippen molar-refractivity contribution in [2.24, 2.45) is 5.14 Å². The Kier molecular flexibility index (Phi) is 9.11. The molecule has 9 heteroatoms. The quantitative estimate of drug-likeness (QED) is 0.240. The summed E-state index contributed by atoms with van der Waals surface area (Å²) in [6, 6.07) is 21.1. The molecule has 0 atom stereocenters. The third kappa shape index (κ3) is 6.75. The number of hydrogen-bond acceptors (Lipinski definition) is 7. The van der Waals surface area contributed by atoms with E-state index in [1.165, 1.54) is 38.5 Å². The smallest absolute Gasteiger partial charge is 0.238 e. The number of nitrogens with zero attached hydrogens (tertiary/aromatic N) is 1. The van der Waals surface area contributed by atoms with E-state index in [2.05, 4.69) is 4.90 Å². The van der Waals surface area contributed by atoms with Gasteiger partial charge in [-0.15, -0.1) is 0 Å². The zero-order valence-corrected chi connectivity index (χ0v) is 24.8. The van der Waals surface area contributed by atoms with Gasteiger partial charge in [0.2, 0.25) is 10.0 Å². The summed E-state index contributed by atoms with van der Waals surface area (Å²) in [4.78, 5) is 16.5. The lowest BCUT2D eigenvalue weighted by molar-refractivity contribution is 0.103. The highest BCUT2D eigenvalue weighted by atomic mass is 32.2. The number of ether oxygens (including phenoxy) is 3. The lowest BCUT2D eigenvalue weighted by Gasteiger charge is -2.26. The van der Waals surface area contributed by atoms with Crippen molar-refractivity contribution in [3.63, 3.8) is 0 Å². The minimum absolute atomic E-state index is 0.0208. The highest BCUT2D eigenvalue weighted by Gasteiger charge is 2.21. The first-order valence-corrected chi connectivity index (χ1v) is 15.6. The van der Waals surface area contributed by atoms with Gasteiger partial charge in [0.1, 0.15) is 23.9 Å². The van der Waals surface area contributed by atoms with E-state index < -0.39 is 10.0 Å². The van der Waals surface area contributed by atoms with E-state index in [9.17, 15) is 13.2 Å². The highest BCUT2D eigenvalue weighted by molar-refractivity contribution is 7.89. The summed E-state index contributed by atoms with van der Waals surface area (Å²) in [6.07, 6.45) is 4.04. The molecule has 0 unspecified atom stereocenters. The summed E-state index contributed by atoms with van der Waals surface area (Å²) < 4.78 is 41.0. The second kappa shape index (κ2) is 12.9. The van der Waals surface area contributed by atoms with Gasteiger partial charge in [-0.3, -0.25) is 9.69 Å². The molecule has 1 aliphatic heterocycles. The minimum atomic E-state index is -3.92. The van der Waals surface area contributed by atoms with Crippen LogP contribution in [0.3, 0.4) is 0 Å². The molecule has 2 N–H and O–H groups in total. The molecule has 220 valence electrons. The Morgan fingerprint density at radius 3 is 2.26 bits per heavy atom. The second-order valence-corrected chi connectivity index (χ2v) is 12.0. The number of carbonyl (C=O) groups excluding carboxylic acids is 1. The van der Waals surface area contributed by atoms with Crippen molar-refractivity contribution < 1.29 is 27.4 Å². The maximum atomic E-state index is 14.1. The van der Waals surface area contributed by atoms with E-state index in [0.717, 1.165) is 41.7 Å². The third-order valence-electron chi connectivity index (χ3n) is 7.74. The van der Waals surface area contributed by atoms with Crippen LogP contribution in [0.15, 0.2) is 77.7 Å². The Balaban J connectivity index is 1.47. The van der Waals surface area contributed by atoms with Crippen LogP contribution in [0.4, 0.5) is 0 Å². The average molecular weight is 589 g/mol. The van der Waals surface area contributed by atoms with Gasteiger partial charge in [-0.1, -0.05) is 18.6 Å². The van der Waals surface area contributed by atoms with Gasteiger partial charge < -0.3 is 14.2 Å². The number of benzene rings is 4. The Hall–Kier alpha value is -3.92. The lowest BCUT2D eigenvalue weighted by atomic mass is 9.89. The third-order valence-corrected chi connectivity index (χ3v) is 8.65. The Morgan fingerprint density at radius 1 is 0.833 bits per heavy atom. The first kappa shape index (κ1) is 29.6. The Bertz CT molecular complexity index is 1680. The first-order valence-electron chi connectivity index (χ1n) is 14.1. The molecule has 1 aliphatic rings. The molecular formula is C33H36N2O6S. The average Bonchev–Trinajstić information content (AvgIpc) is 3.00. The van der Waals surface area contributed by atoms with Crippen LogP contribution < -0.4 is 19.3 Å². The highest BCUT2D eigenvalue weighted by Crippen LogP contribution is 2.32. The molecule has 1 saturated heterocycles. The first-order chi connectivity index (χ1) is 20.3. The number of primary sulfonamides is 1. The van der Waals surface area contributed by atoms with Crippen molar-refractivity contribution in [3.8, 4) is 17.2 Å². The molecule has 0 amide bonds. The molecule has 0 aliphatic carbocycles. The monoisotopic (exact) mass is 588 g/mol. The van der Waals surface area contributed by atoms with Gasteiger partial charge in [-0.2, -0.15) is 0 Å². The largest absolute Gasteiger partial charge is 0.497 e. The van der Waals surface area contributed by atoms with Crippen molar-refractivity contribution in [2.75, 3.05) is 40.5 Å². The molecule has 1 heterocycles. The van der Waals surface area contributed by atoms with Crippen LogP contribution in [0.25, 0.3) is 10.8 Å². The standard InChI is InChI=1S/C33H36N2O6S/c1-39-28-12-14-30-24(21-28)6-7-25(20-26-22-29(42(34,37)38)13-15-31(26)40-2)32(30)33(36)23-8-10-27(11-9-23)41-19-18-35-16-4-3-5-17-35/h6-15,21-22H,3-5,16-20H2,1-2H3,(H2,34,37,38). The fraction of sp³-hybridized carbons (Fsp3) is 0.303. The van der Waals surface area contributed by atoms with Crippen LogP contribution in [-0.4, -0.2) is 59.6 Å². The number of likely N-dealkylation sites (tertiary alicyclic amines) is 1. The van der Waals surface area contributed by atoms with Crippen LogP contribution >= 0.6 is 0 Å². The van der Waals surface area contributed by atoms with Gasteiger partial charge in [0.15, 0.2) is 5.78 Å². The number of methoxy groups -OCH3 is 2. The van der Waals surface area contributed by atoms with Gasteiger partial charge in [0.25, 0.3) is 0 Å². The molecule has 0 radical (unpaired) electrons. The predicted molar refractivity (Wildman–Crippen MR) is 163 cm³/mol. The van der Waals surface area contributed by atoms with Crippen LogP contribution in [0.1, 0.15) is 46.3 Å². The number of rotatable bonds is 11. The second-order valence-electron chi connectivity index (χ2n) is 10.5. The van der Waals surface area contributed by atoms with E-state index in [1.54, 1.807) is 25.3 Å². The van der Waals surface area contributed by atoms with Gasteiger partial charge in [-0.25, -0.2) is 13.6 Å². The maximum Gasteiger partial charge on any atom is 0.238 e. The summed E-state index contributed by atoms with van der Waals surface area (Å²) >= 11 is 0. The number of sulfonamides is 1. The van der Waals surface area contributed by atoms with E-state index >= 15 is 0 Å². The number of carbonyl (C=O) groups is 1. The van der Waals surface area contributed by atoms with Crippen molar-refractivity contribution in [1.29, 1.82) is 0 Å². The van der Waals surface area contributed by atoms with Gasteiger partial charge in [-0.05, 0) is 108 Å². The molecule has 8 nitrogen and oxygen atoms in total. The molecule has 0 bridgehead atoms. The summed E-state index contributed by atoms with van der Waals surface area (Å²) in [7, 11) is -0.805. The molecule has 0 aromatic heterocycles. The fourth-order valence-electron chi connectivity index (χ4n) is 5.49. The number of hydrogen-bond donors (Lipinski definition) is 1.